The fraction of sp³-hybridized carbons (Fsp3) is 0.375. The zero-order chi connectivity index (χ0) is 23.2. The van der Waals surface area contributed by atoms with Crippen LogP contribution in [0.5, 0.6) is 5.75 Å². The van der Waals surface area contributed by atoms with Gasteiger partial charge in [0.15, 0.2) is 0 Å². The lowest BCUT2D eigenvalue weighted by Crippen LogP contribution is -2.49. The summed E-state index contributed by atoms with van der Waals surface area (Å²) in [5.74, 6) is 2.07. The van der Waals surface area contributed by atoms with Gasteiger partial charge in [-0.1, -0.05) is 28.9 Å². The van der Waals surface area contributed by atoms with Crippen LogP contribution in [0.1, 0.15) is 11.5 Å². The lowest BCUT2D eigenvalue weighted by Gasteiger charge is -2.34. The predicted molar refractivity (Wildman–Crippen MR) is 126 cm³/mol. The van der Waals surface area contributed by atoms with Crippen molar-refractivity contribution in [1.82, 2.24) is 24.8 Å². The fourth-order valence-electron chi connectivity index (χ4n) is 3.74. The van der Waals surface area contributed by atoms with E-state index < -0.39 is 0 Å². The van der Waals surface area contributed by atoms with Crippen molar-refractivity contribution in [1.29, 1.82) is 0 Å². The van der Waals surface area contributed by atoms with Gasteiger partial charge in [0, 0.05) is 50.4 Å². The minimum Gasteiger partial charge on any atom is -0.497 e. The van der Waals surface area contributed by atoms with E-state index in [1.54, 1.807) is 12.0 Å². The first-order valence-electron chi connectivity index (χ1n) is 10.9. The number of halogens is 1. The number of likely N-dealkylation sites (N-methyl/N-ethyl adjacent to an activating group) is 1. The molecule has 0 spiro atoms. The van der Waals surface area contributed by atoms with Crippen LogP contribution in [0.15, 0.2) is 53.1 Å². The number of carbonyl (C=O) groups excluding carboxylic acids is 1. The summed E-state index contributed by atoms with van der Waals surface area (Å²) in [6.07, 6.45) is 0. The van der Waals surface area contributed by atoms with Gasteiger partial charge in [0.2, 0.25) is 17.6 Å². The third kappa shape index (κ3) is 6.31. The Balaban J connectivity index is 1.21. The quantitative estimate of drug-likeness (QED) is 0.501. The van der Waals surface area contributed by atoms with Gasteiger partial charge in [0.25, 0.3) is 0 Å². The van der Waals surface area contributed by atoms with E-state index in [1.165, 1.54) is 0 Å². The Kier molecular flexibility index (Phi) is 7.59. The van der Waals surface area contributed by atoms with Crippen molar-refractivity contribution in [2.24, 2.45) is 0 Å². The molecule has 4 rings (SSSR count). The largest absolute Gasteiger partial charge is 0.497 e. The Morgan fingerprint density at radius 1 is 1.06 bits per heavy atom. The number of carbonyl (C=O) groups is 1. The van der Waals surface area contributed by atoms with Gasteiger partial charge in [-0.2, -0.15) is 4.98 Å². The van der Waals surface area contributed by atoms with Crippen molar-refractivity contribution in [3.05, 3.63) is 65.0 Å². The summed E-state index contributed by atoms with van der Waals surface area (Å²) < 4.78 is 10.6. The Hall–Kier alpha value is -2.94. The number of piperazine rings is 1. The maximum Gasteiger partial charge on any atom is 0.241 e. The van der Waals surface area contributed by atoms with Gasteiger partial charge in [-0.15, -0.1) is 0 Å². The van der Waals surface area contributed by atoms with Gasteiger partial charge >= 0.3 is 0 Å². The molecule has 33 heavy (non-hydrogen) atoms. The van der Waals surface area contributed by atoms with E-state index >= 15 is 0 Å². The molecule has 0 N–H and O–H groups in total. The Morgan fingerprint density at radius 2 is 1.73 bits per heavy atom. The molecule has 9 heteroatoms. The third-order valence-electron chi connectivity index (χ3n) is 5.76. The van der Waals surface area contributed by atoms with Crippen LogP contribution in [-0.4, -0.2) is 77.6 Å². The maximum absolute atomic E-state index is 12.7. The van der Waals surface area contributed by atoms with E-state index in [9.17, 15) is 4.79 Å². The zero-order valence-electron chi connectivity index (χ0n) is 18.9. The molecule has 0 radical (unpaired) electrons. The molecule has 3 aromatic rings. The highest BCUT2D eigenvalue weighted by molar-refractivity contribution is 6.30. The van der Waals surface area contributed by atoms with E-state index in [4.69, 9.17) is 20.9 Å². The first-order chi connectivity index (χ1) is 16.0. The molecule has 2 aromatic carbocycles. The molecule has 1 aromatic heterocycles. The molecule has 1 fully saturated rings. The molecule has 1 aliphatic heterocycles. The van der Waals surface area contributed by atoms with E-state index in [1.807, 2.05) is 55.6 Å². The normalized spacial score (nSPS) is 14.9. The standard InChI is InChI=1S/C24H28ClN5O3/c1-28(15-18-3-9-21(32-2)10-4-18)23(31)17-30-13-11-29(12-14-30)16-22-26-24(27-33-22)19-5-7-20(25)8-6-19/h3-10H,11-17H2,1-2H3. The summed E-state index contributed by atoms with van der Waals surface area (Å²) in [6, 6.07) is 15.2. The molecule has 1 aliphatic rings. The molecule has 0 unspecified atom stereocenters. The number of amides is 1. The number of hydrogen-bond acceptors (Lipinski definition) is 7. The molecule has 8 nitrogen and oxygen atoms in total. The molecule has 2 heterocycles. The van der Waals surface area contributed by atoms with E-state index in [0.29, 0.717) is 36.4 Å². The first kappa shape index (κ1) is 23.2. The second-order valence-corrected chi connectivity index (χ2v) is 8.61. The van der Waals surface area contributed by atoms with Crippen LogP contribution in [0.25, 0.3) is 11.4 Å². The highest BCUT2D eigenvalue weighted by atomic mass is 35.5. The van der Waals surface area contributed by atoms with Crippen LogP contribution in [-0.2, 0) is 17.9 Å². The zero-order valence-corrected chi connectivity index (χ0v) is 19.7. The second kappa shape index (κ2) is 10.8. The minimum atomic E-state index is 0.115. The van der Waals surface area contributed by atoms with Crippen LogP contribution in [0.3, 0.4) is 0 Å². The van der Waals surface area contributed by atoms with Gasteiger partial charge in [0.05, 0.1) is 20.2 Å². The number of ether oxygens (including phenoxy) is 1. The van der Waals surface area contributed by atoms with E-state index in [-0.39, 0.29) is 5.91 Å². The summed E-state index contributed by atoms with van der Waals surface area (Å²) in [5.41, 5.74) is 1.95. The van der Waals surface area contributed by atoms with Crippen LogP contribution in [0.4, 0.5) is 0 Å². The Bertz CT molecular complexity index is 1050. The minimum absolute atomic E-state index is 0.115. The molecule has 0 aliphatic carbocycles. The topological polar surface area (TPSA) is 74.9 Å². The highest BCUT2D eigenvalue weighted by Crippen LogP contribution is 2.19. The fourth-order valence-corrected chi connectivity index (χ4v) is 3.86. The smallest absolute Gasteiger partial charge is 0.241 e. The number of nitrogens with zero attached hydrogens (tertiary/aromatic N) is 5. The summed E-state index contributed by atoms with van der Waals surface area (Å²) >= 11 is 5.94. The van der Waals surface area contributed by atoms with Crippen LogP contribution in [0.2, 0.25) is 5.02 Å². The summed E-state index contributed by atoms with van der Waals surface area (Å²) in [7, 11) is 3.49. The number of methoxy groups -OCH3 is 1. The van der Waals surface area contributed by atoms with E-state index in [2.05, 4.69) is 19.9 Å². The SMILES string of the molecule is COc1ccc(CN(C)C(=O)CN2CCN(Cc3nc(-c4ccc(Cl)cc4)no3)CC2)cc1. The molecule has 0 saturated carbocycles. The number of hydrogen-bond donors (Lipinski definition) is 0. The molecule has 0 atom stereocenters. The number of aromatic nitrogens is 2. The Morgan fingerprint density at radius 3 is 2.39 bits per heavy atom. The molecular formula is C24H28ClN5O3. The second-order valence-electron chi connectivity index (χ2n) is 8.17. The van der Waals surface area contributed by atoms with Gasteiger partial charge < -0.3 is 14.2 Å². The lowest BCUT2D eigenvalue weighted by atomic mass is 10.2. The lowest BCUT2D eigenvalue weighted by molar-refractivity contribution is -0.132. The van der Waals surface area contributed by atoms with Crippen LogP contribution < -0.4 is 4.74 Å². The first-order valence-corrected chi connectivity index (χ1v) is 11.3. The monoisotopic (exact) mass is 469 g/mol. The Labute approximate surface area is 198 Å². The van der Waals surface area contributed by atoms with Crippen molar-refractivity contribution in [3.63, 3.8) is 0 Å². The third-order valence-corrected chi connectivity index (χ3v) is 6.01. The molecule has 174 valence electrons. The van der Waals surface area contributed by atoms with E-state index in [0.717, 1.165) is 43.1 Å². The van der Waals surface area contributed by atoms with Gasteiger partial charge in [-0.05, 0) is 42.0 Å². The van der Waals surface area contributed by atoms with Crippen molar-refractivity contribution >= 4 is 17.5 Å². The van der Waals surface area contributed by atoms with Crippen molar-refractivity contribution < 1.29 is 14.1 Å². The van der Waals surface area contributed by atoms with Gasteiger partial charge in [0.1, 0.15) is 5.75 Å². The molecule has 0 bridgehead atoms. The van der Waals surface area contributed by atoms with Gasteiger partial charge in [-0.3, -0.25) is 14.6 Å². The van der Waals surface area contributed by atoms with Crippen molar-refractivity contribution in [2.45, 2.75) is 13.1 Å². The molecular weight excluding hydrogens is 442 g/mol. The maximum atomic E-state index is 12.7. The average Bonchev–Trinajstić information content (AvgIpc) is 3.29. The summed E-state index contributed by atoms with van der Waals surface area (Å²) in [6.45, 7) is 4.92. The number of rotatable bonds is 8. The van der Waals surface area contributed by atoms with Crippen molar-refractivity contribution in [2.75, 3.05) is 46.9 Å². The summed E-state index contributed by atoms with van der Waals surface area (Å²) in [5, 5.41) is 4.75. The van der Waals surface area contributed by atoms with Gasteiger partial charge in [-0.25, -0.2) is 0 Å². The van der Waals surface area contributed by atoms with Crippen molar-refractivity contribution in [3.8, 4) is 17.1 Å². The summed E-state index contributed by atoms with van der Waals surface area (Å²) in [4.78, 5) is 23.4. The predicted octanol–water partition coefficient (Wildman–Crippen LogP) is 3.17. The average molecular weight is 470 g/mol. The molecule has 1 amide bonds. The van der Waals surface area contributed by atoms with Crippen LogP contribution in [0, 0.1) is 0 Å². The highest BCUT2D eigenvalue weighted by Gasteiger charge is 2.22. The van der Waals surface area contributed by atoms with Crippen LogP contribution >= 0.6 is 11.6 Å². The number of benzene rings is 2. The molecule has 1 saturated heterocycles.